The maximum atomic E-state index is 13.3. The molecular formula is C19H28F2N2OS. The van der Waals surface area contributed by atoms with Crippen LogP contribution in [-0.2, 0) is 4.79 Å². The van der Waals surface area contributed by atoms with Crippen molar-refractivity contribution in [3.63, 3.8) is 0 Å². The second-order valence-electron chi connectivity index (χ2n) is 8.73. The summed E-state index contributed by atoms with van der Waals surface area (Å²) in [6, 6.07) is 0. The number of likely N-dealkylation sites (tertiary alicyclic amines) is 1. The molecular weight excluding hydrogens is 342 g/mol. The number of carbonyl (C=O) groups excluding carboxylic acids is 1. The first-order valence-electron chi connectivity index (χ1n) is 9.74. The number of nitrogens with zero attached hydrogens (tertiary/aromatic N) is 2. The first-order chi connectivity index (χ1) is 11.8. The van der Waals surface area contributed by atoms with Crippen LogP contribution >= 0.6 is 11.8 Å². The number of piperidine rings is 1. The summed E-state index contributed by atoms with van der Waals surface area (Å²) in [6.07, 6.45) is 7.01. The molecule has 4 rings (SSSR count). The zero-order valence-corrected chi connectivity index (χ0v) is 15.8. The van der Waals surface area contributed by atoms with E-state index < -0.39 is 10.7 Å². The number of hydrogen-bond acceptors (Lipinski definition) is 3. The van der Waals surface area contributed by atoms with Gasteiger partial charge in [0.2, 0.25) is 0 Å². The largest absolute Gasteiger partial charge is 0.303 e. The molecule has 2 saturated carbocycles. The number of rotatable bonds is 5. The lowest BCUT2D eigenvalue weighted by atomic mass is 9.87. The zero-order chi connectivity index (χ0) is 17.7. The molecule has 0 radical (unpaired) electrons. The Bertz CT molecular complexity index is 572. The molecule has 4 unspecified atom stereocenters. The van der Waals surface area contributed by atoms with Crippen LogP contribution in [0.2, 0.25) is 0 Å². The van der Waals surface area contributed by atoms with Crippen LogP contribution in [0.4, 0.5) is 8.78 Å². The average Bonchev–Trinajstić information content (AvgIpc) is 3.22. The van der Waals surface area contributed by atoms with E-state index in [1.807, 2.05) is 6.92 Å². The van der Waals surface area contributed by atoms with Gasteiger partial charge in [0.25, 0.3) is 11.8 Å². The molecule has 4 aliphatic rings. The Balaban J connectivity index is 1.27. The molecule has 2 heterocycles. The summed E-state index contributed by atoms with van der Waals surface area (Å²) in [5.41, 5.74) is 0. The molecule has 0 aromatic carbocycles. The lowest BCUT2D eigenvalue weighted by molar-refractivity contribution is -0.119. The Kier molecular flexibility index (Phi) is 4.72. The van der Waals surface area contributed by atoms with Crippen LogP contribution in [-0.4, -0.2) is 46.2 Å². The number of thioether (sulfide) groups is 1. The van der Waals surface area contributed by atoms with Gasteiger partial charge in [0.05, 0.1) is 5.04 Å². The fraction of sp³-hybridized carbons (Fsp3) is 0.895. The molecule has 2 aliphatic carbocycles. The monoisotopic (exact) mass is 370 g/mol. The molecule has 1 saturated heterocycles. The maximum absolute atomic E-state index is 13.3. The van der Waals surface area contributed by atoms with Crippen molar-refractivity contribution in [3.05, 3.63) is 0 Å². The van der Waals surface area contributed by atoms with Gasteiger partial charge in [0, 0.05) is 25.9 Å². The second kappa shape index (κ2) is 6.59. The van der Waals surface area contributed by atoms with E-state index in [-0.39, 0.29) is 18.7 Å². The molecule has 0 aromatic rings. The molecule has 2 bridgehead atoms. The second-order valence-corrected chi connectivity index (χ2v) is 10.3. The molecule has 6 heteroatoms. The van der Waals surface area contributed by atoms with Gasteiger partial charge in [-0.15, -0.1) is 0 Å². The van der Waals surface area contributed by atoms with Gasteiger partial charge in [-0.25, -0.2) is 13.8 Å². The van der Waals surface area contributed by atoms with Crippen LogP contribution < -0.4 is 0 Å². The van der Waals surface area contributed by atoms with Crippen LogP contribution in [0.25, 0.3) is 0 Å². The highest BCUT2D eigenvalue weighted by molar-refractivity contribution is 8.16. The third-order valence-corrected chi connectivity index (χ3v) is 8.16. The maximum Gasteiger partial charge on any atom is 0.262 e. The highest BCUT2D eigenvalue weighted by Gasteiger charge is 2.45. The quantitative estimate of drug-likeness (QED) is 0.721. The molecule has 3 fully saturated rings. The average molecular weight is 371 g/mol. The highest BCUT2D eigenvalue weighted by Crippen LogP contribution is 2.51. The van der Waals surface area contributed by atoms with Crippen LogP contribution in [0.1, 0.15) is 58.3 Å². The van der Waals surface area contributed by atoms with Gasteiger partial charge in [-0.2, -0.15) is 0 Å². The minimum Gasteiger partial charge on any atom is -0.303 e. The number of alkyl halides is 2. The molecule has 2 aliphatic heterocycles. The van der Waals surface area contributed by atoms with Gasteiger partial charge in [0.1, 0.15) is 4.75 Å². The van der Waals surface area contributed by atoms with Crippen molar-refractivity contribution < 1.29 is 13.6 Å². The summed E-state index contributed by atoms with van der Waals surface area (Å²) in [4.78, 5) is 18.9. The third kappa shape index (κ3) is 3.80. The minimum absolute atomic E-state index is 0.0157. The van der Waals surface area contributed by atoms with Crippen molar-refractivity contribution in [3.8, 4) is 0 Å². The lowest BCUT2D eigenvalue weighted by Crippen LogP contribution is -2.42. The van der Waals surface area contributed by atoms with Crippen molar-refractivity contribution in [2.24, 2.45) is 22.7 Å². The molecule has 0 aromatic heterocycles. The predicted molar refractivity (Wildman–Crippen MR) is 97.2 cm³/mol. The number of halogens is 2. The van der Waals surface area contributed by atoms with Gasteiger partial charge in [-0.1, -0.05) is 18.2 Å². The number of fused-ring (bicyclic) bond motifs is 2. The van der Waals surface area contributed by atoms with Gasteiger partial charge in [-0.3, -0.25) is 4.79 Å². The molecule has 140 valence electrons. The van der Waals surface area contributed by atoms with Crippen LogP contribution in [0.15, 0.2) is 4.99 Å². The van der Waals surface area contributed by atoms with Crippen molar-refractivity contribution >= 4 is 22.7 Å². The number of carbonyl (C=O) groups is 1. The Morgan fingerprint density at radius 1 is 1.24 bits per heavy atom. The summed E-state index contributed by atoms with van der Waals surface area (Å²) in [5, 5.41) is 1.02. The summed E-state index contributed by atoms with van der Waals surface area (Å²) in [6.45, 7) is 3.56. The molecule has 25 heavy (non-hydrogen) atoms. The van der Waals surface area contributed by atoms with Crippen molar-refractivity contribution in [1.82, 2.24) is 4.90 Å². The fourth-order valence-corrected chi connectivity index (χ4v) is 6.40. The van der Waals surface area contributed by atoms with E-state index in [0.29, 0.717) is 26.1 Å². The first kappa shape index (κ1) is 17.9. The Morgan fingerprint density at radius 2 is 2.00 bits per heavy atom. The molecule has 0 N–H and O–H groups in total. The van der Waals surface area contributed by atoms with Gasteiger partial charge in [0.15, 0.2) is 0 Å². The van der Waals surface area contributed by atoms with E-state index in [9.17, 15) is 13.6 Å². The number of amides is 1. The summed E-state index contributed by atoms with van der Waals surface area (Å²) < 4.78 is 26.0. The Labute approximate surface area is 153 Å². The Hall–Kier alpha value is -0.490. The molecule has 4 atom stereocenters. The van der Waals surface area contributed by atoms with Crippen molar-refractivity contribution in [2.45, 2.75) is 69.0 Å². The van der Waals surface area contributed by atoms with E-state index in [0.717, 1.165) is 29.2 Å². The van der Waals surface area contributed by atoms with Crippen LogP contribution in [0.3, 0.4) is 0 Å². The van der Waals surface area contributed by atoms with Crippen molar-refractivity contribution in [1.29, 1.82) is 0 Å². The Morgan fingerprint density at radius 3 is 2.64 bits per heavy atom. The zero-order valence-electron chi connectivity index (χ0n) is 15.0. The summed E-state index contributed by atoms with van der Waals surface area (Å²) in [5.74, 6) is -0.0241. The van der Waals surface area contributed by atoms with E-state index in [2.05, 4.69) is 9.89 Å². The van der Waals surface area contributed by atoms with Gasteiger partial charge in [-0.05, 0) is 63.3 Å². The fourth-order valence-electron chi connectivity index (χ4n) is 5.13. The van der Waals surface area contributed by atoms with E-state index in [1.165, 1.54) is 25.7 Å². The SMILES string of the molecule is CC1(CCN2CCC(F)(F)CC2)SC(CC2CC3CCC2C3)=NC1=O. The first-order valence-corrected chi connectivity index (χ1v) is 10.6. The molecule has 1 amide bonds. The minimum atomic E-state index is -2.50. The van der Waals surface area contributed by atoms with E-state index >= 15 is 0 Å². The topological polar surface area (TPSA) is 32.7 Å². The predicted octanol–water partition coefficient (Wildman–Crippen LogP) is 4.36. The lowest BCUT2D eigenvalue weighted by Gasteiger charge is -2.33. The smallest absolute Gasteiger partial charge is 0.262 e. The third-order valence-electron chi connectivity index (χ3n) is 6.84. The normalized spacial score (nSPS) is 40.7. The standard InChI is InChI=1S/C19H28F2N2OS/c1-18(4-7-23-8-5-19(20,21)6-9-23)17(24)22-16(25-18)12-15-11-13-2-3-14(15)10-13/h13-15H,2-12H2,1H3. The highest BCUT2D eigenvalue weighted by atomic mass is 32.2. The van der Waals surface area contributed by atoms with Gasteiger partial charge < -0.3 is 4.90 Å². The van der Waals surface area contributed by atoms with Crippen LogP contribution in [0.5, 0.6) is 0 Å². The number of hydrogen-bond donors (Lipinski definition) is 0. The molecule has 3 nitrogen and oxygen atoms in total. The summed E-state index contributed by atoms with van der Waals surface area (Å²) in [7, 11) is 0. The molecule has 0 spiro atoms. The summed E-state index contributed by atoms with van der Waals surface area (Å²) >= 11 is 1.65. The van der Waals surface area contributed by atoms with E-state index in [4.69, 9.17) is 0 Å². The van der Waals surface area contributed by atoms with Crippen LogP contribution in [0, 0.1) is 17.8 Å². The van der Waals surface area contributed by atoms with E-state index in [1.54, 1.807) is 11.8 Å². The van der Waals surface area contributed by atoms with Crippen molar-refractivity contribution in [2.75, 3.05) is 19.6 Å². The number of aliphatic imine (C=N–C) groups is 1. The van der Waals surface area contributed by atoms with Gasteiger partial charge >= 0.3 is 0 Å².